The molecule has 1 N–H and O–H groups in total. The first-order valence-corrected chi connectivity index (χ1v) is 12.0. The number of rotatable bonds is 5. The summed E-state index contributed by atoms with van der Waals surface area (Å²) in [5.41, 5.74) is 3.23. The standard InChI is InChI=1S/C26H30ClN5O/c1-19-15-25(29-26(28-19)21-5-3-2-4-6-21)32-17-23(24(33)18-32)31-13-11-30(12-14-31)16-20-7-9-22(27)10-8-20/h2-10,15,23-24,33H,11-14,16-18H2,1H3/t23-,24-/m0/s1. The van der Waals surface area contributed by atoms with E-state index in [-0.39, 0.29) is 12.1 Å². The summed E-state index contributed by atoms with van der Waals surface area (Å²) in [4.78, 5) is 16.6. The van der Waals surface area contributed by atoms with Gasteiger partial charge in [0.05, 0.1) is 12.1 Å². The number of aromatic nitrogens is 2. The molecule has 2 atom stereocenters. The van der Waals surface area contributed by atoms with Crippen molar-refractivity contribution in [3.8, 4) is 11.4 Å². The molecule has 6 nitrogen and oxygen atoms in total. The molecule has 2 fully saturated rings. The van der Waals surface area contributed by atoms with E-state index in [1.54, 1.807) is 0 Å². The number of aliphatic hydroxyl groups is 1. The van der Waals surface area contributed by atoms with E-state index < -0.39 is 0 Å². The first-order chi connectivity index (χ1) is 16.0. The van der Waals surface area contributed by atoms with Crippen LogP contribution in [0.25, 0.3) is 11.4 Å². The van der Waals surface area contributed by atoms with Gasteiger partial charge in [0.2, 0.25) is 0 Å². The van der Waals surface area contributed by atoms with Gasteiger partial charge in [-0.25, -0.2) is 9.97 Å². The third-order valence-electron chi connectivity index (χ3n) is 6.65. The number of hydrogen-bond donors (Lipinski definition) is 1. The highest BCUT2D eigenvalue weighted by Crippen LogP contribution is 2.26. The van der Waals surface area contributed by atoms with Gasteiger partial charge in [0, 0.05) is 68.2 Å². The predicted octanol–water partition coefficient (Wildman–Crippen LogP) is 3.47. The normalized spacial score (nSPS) is 22.1. The van der Waals surface area contributed by atoms with Gasteiger partial charge in [0.25, 0.3) is 0 Å². The van der Waals surface area contributed by atoms with Crippen molar-refractivity contribution in [3.05, 3.63) is 76.9 Å². The fourth-order valence-electron chi connectivity index (χ4n) is 4.85. The smallest absolute Gasteiger partial charge is 0.161 e. The molecule has 3 heterocycles. The van der Waals surface area contributed by atoms with Crippen molar-refractivity contribution < 1.29 is 5.11 Å². The third-order valence-corrected chi connectivity index (χ3v) is 6.90. The summed E-state index contributed by atoms with van der Waals surface area (Å²) >= 11 is 6.01. The van der Waals surface area contributed by atoms with Gasteiger partial charge in [-0.1, -0.05) is 54.1 Å². The second-order valence-electron chi connectivity index (χ2n) is 9.04. The minimum absolute atomic E-state index is 0.123. The maximum absolute atomic E-state index is 10.9. The molecule has 172 valence electrons. The Morgan fingerprint density at radius 2 is 1.67 bits per heavy atom. The van der Waals surface area contributed by atoms with Crippen LogP contribution in [0.2, 0.25) is 5.02 Å². The number of aryl methyl sites for hydroxylation is 1. The van der Waals surface area contributed by atoms with E-state index in [0.29, 0.717) is 6.54 Å². The molecule has 0 unspecified atom stereocenters. The molecule has 0 aliphatic carbocycles. The zero-order chi connectivity index (χ0) is 22.8. The van der Waals surface area contributed by atoms with Crippen LogP contribution in [0.1, 0.15) is 11.3 Å². The predicted molar refractivity (Wildman–Crippen MR) is 133 cm³/mol. The number of benzene rings is 2. The van der Waals surface area contributed by atoms with Crippen LogP contribution in [0.5, 0.6) is 0 Å². The third kappa shape index (κ3) is 5.20. The molecule has 2 saturated heterocycles. The summed E-state index contributed by atoms with van der Waals surface area (Å²) < 4.78 is 0. The van der Waals surface area contributed by atoms with Crippen molar-refractivity contribution >= 4 is 17.4 Å². The van der Waals surface area contributed by atoms with Gasteiger partial charge >= 0.3 is 0 Å². The molecule has 5 rings (SSSR count). The average molecular weight is 464 g/mol. The SMILES string of the molecule is Cc1cc(N2C[C@H](O)[C@@H](N3CCN(Cc4ccc(Cl)cc4)CC3)C2)nc(-c2ccccc2)n1. The molecule has 0 bridgehead atoms. The maximum Gasteiger partial charge on any atom is 0.161 e. The van der Waals surface area contributed by atoms with Crippen LogP contribution in [0.4, 0.5) is 5.82 Å². The number of aliphatic hydroxyl groups excluding tert-OH is 1. The van der Waals surface area contributed by atoms with E-state index in [0.717, 1.165) is 67.2 Å². The highest BCUT2D eigenvalue weighted by molar-refractivity contribution is 6.30. The summed E-state index contributed by atoms with van der Waals surface area (Å²) in [6.07, 6.45) is -0.386. The van der Waals surface area contributed by atoms with Gasteiger partial charge in [-0.2, -0.15) is 0 Å². The monoisotopic (exact) mass is 463 g/mol. The van der Waals surface area contributed by atoms with Crippen LogP contribution in [0.3, 0.4) is 0 Å². The van der Waals surface area contributed by atoms with E-state index in [1.165, 1.54) is 5.56 Å². The zero-order valence-electron chi connectivity index (χ0n) is 18.9. The molecular weight excluding hydrogens is 434 g/mol. The lowest BCUT2D eigenvalue weighted by molar-refractivity contribution is 0.0424. The molecule has 7 heteroatoms. The summed E-state index contributed by atoms with van der Waals surface area (Å²) in [7, 11) is 0. The van der Waals surface area contributed by atoms with E-state index in [9.17, 15) is 5.11 Å². The van der Waals surface area contributed by atoms with E-state index in [1.807, 2.05) is 55.5 Å². The molecule has 0 spiro atoms. The molecule has 2 aliphatic rings. The number of β-amino-alcohol motifs (C(OH)–C–C–N with tert-alkyl or cyclic N) is 1. The van der Waals surface area contributed by atoms with E-state index in [2.05, 4.69) is 31.8 Å². The van der Waals surface area contributed by atoms with Crippen molar-refractivity contribution in [2.45, 2.75) is 25.6 Å². The van der Waals surface area contributed by atoms with Crippen LogP contribution in [-0.4, -0.2) is 76.3 Å². The summed E-state index contributed by atoms with van der Waals surface area (Å²) in [5.74, 6) is 1.63. The summed E-state index contributed by atoms with van der Waals surface area (Å²) in [5, 5.41) is 11.7. The fraction of sp³-hybridized carbons (Fsp3) is 0.385. The Hall–Kier alpha value is -2.51. The average Bonchev–Trinajstić information content (AvgIpc) is 3.23. The lowest BCUT2D eigenvalue weighted by Gasteiger charge is -2.38. The summed E-state index contributed by atoms with van der Waals surface area (Å²) in [6.45, 7) is 8.23. The van der Waals surface area contributed by atoms with Crippen molar-refractivity contribution in [1.29, 1.82) is 0 Å². The van der Waals surface area contributed by atoms with Gasteiger partial charge < -0.3 is 10.0 Å². The summed E-state index contributed by atoms with van der Waals surface area (Å²) in [6, 6.07) is 20.3. The van der Waals surface area contributed by atoms with Crippen molar-refractivity contribution in [3.63, 3.8) is 0 Å². The molecule has 0 radical (unpaired) electrons. The molecule has 3 aromatic rings. The lowest BCUT2D eigenvalue weighted by atomic mass is 10.1. The fourth-order valence-corrected chi connectivity index (χ4v) is 4.97. The number of halogens is 1. The highest BCUT2D eigenvalue weighted by atomic mass is 35.5. The zero-order valence-corrected chi connectivity index (χ0v) is 19.7. The highest BCUT2D eigenvalue weighted by Gasteiger charge is 2.37. The van der Waals surface area contributed by atoms with Gasteiger partial charge in [0.1, 0.15) is 5.82 Å². The van der Waals surface area contributed by atoms with Gasteiger partial charge in [-0.05, 0) is 24.6 Å². The Balaban J connectivity index is 1.22. The van der Waals surface area contributed by atoms with Gasteiger partial charge in [-0.15, -0.1) is 0 Å². The molecule has 0 amide bonds. The topological polar surface area (TPSA) is 55.7 Å². The molecule has 33 heavy (non-hydrogen) atoms. The Bertz CT molecular complexity index is 1070. The van der Waals surface area contributed by atoms with Crippen LogP contribution in [-0.2, 0) is 6.54 Å². The largest absolute Gasteiger partial charge is 0.390 e. The first kappa shape index (κ1) is 22.3. The van der Waals surface area contributed by atoms with E-state index in [4.69, 9.17) is 16.6 Å². The Morgan fingerprint density at radius 3 is 2.39 bits per heavy atom. The van der Waals surface area contributed by atoms with Gasteiger partial charge in [0.15, 0.2) is 5.82 Å². The molecule has 0 saturated carbocycles. The van der Waals surface area contributed by atoms with Crippen molar-refractivity contribution in [1.82, 2.24) is 19.8 Å². The van der Waals surface area contributed by atoms with Crippen molar-refractivity contribution in [2.75, 3.05) is 44.2 Å². The quantitative estimate of drug-likeness (QED) is 0.625. The lowest BCUT2D eigenvalue weighted by Crippen LogP contribution is -2.53. The second-order valence-corrected chi connectivity index (χ2v) is 9.47. The Labute approximate surface area is 200 Å². The molecular formula is C26H30ClN5O. The van der Waals surface area contributed by atoms with Crippen molar-refractivity contribution in [2.24, 2.45) is 0 Å². The van der Waals surface area contributed by atoms with Crippen LogP contribution < -0.4 is 4.90 Å². The number of hydrogen-bond acceptors (Lipinski definition) is 6. The minimum atomic E-state index is -0.386. The van der Waals surface area contributed by atoms with Crippen LogP contribution >= 0.6 is 11.6 Å². The van der Waals surface area contributed by atoms with Crippen LogP contribution in [0.15, 0.2) is 60.7 Å². The maximum atomic E-state index is 10.9. The van der Waals surface area contributed by atoms with Gasteiger partial charge in [-0.3, -0.25) is 9.80 Å². The number of anilines is 1. The Kier molecular flexibility index (Phi) is 6.60. The molecule has 2 aromatic carbocycles. The molecule has 2 aliphatic heterocycles. The van der Waals surface area contributed by atoms with E-state index >= 15 is 0 Å². The number of nitrogens with zero attached hydrogens (tertiary/aromatic N) is 5. The Morgan fingerprint density at radius 1 is 0.939 bits per heavy atom. The molecule has 1 aromatic heterocycles. The minimum Gasteiger partial charge on any atom is -0.390 e. The first-order valence-electron chi connectivity index (χ1n) is 11.6. The second kappa shape index (κ2) is 9.77. The van der Waals surface area contributed by atoms with Crippen LogP contribution in [0, 0.1) is 6.92 Å². The number of piperazine rings is 1.